The van der Waals surface area contributed by atoms with Gasteiger partial charge in [0.1, 0.15) is 11.6 Å². The van der Waals surface area contributed by atoms with Crippen molar-refractivity contribution >= 4 is 5.69 Å². The van der Waals surface area contributed by atoms with E-state index in [1.54, 1.807) is 6.07 Å². The van der Waals surface area contributed by atoms with E-state index in [0.717, 1.165) is 32.0 Å². The topological polar surface area (TPSA) is 15.3 Å². The molecular formula is C35H44F2N2. The number of piperidine rings is 1. The Balaban J connectivity index is 1.19. The lowest BCUT2D eigenvalue weighted by atomic mass is 9.78. The van der Waals surface area contributed by atoms with Crippen LogP contribution in [0, 0.1) is 17.6 Å². The fourth-order valence-electron chi connectivity index (χ4n) is 6.59. The second-order valence-electron chi connectivity index (χ2n) is 11.6. The van der Waals surface area contributed by atoms with Gasteiger partial charge in [0.05, 0.1) is 0 Å². The van der Waals surface area contributed by atoms with Gasteiger partial charge < -0.3 is 10.2 Å². The summed E-state index contributed by atoms with van der Waals surface area (Å²) in [6.45, 7) is 6.81. The maximum Gasteiger partial charge on any atom is 0.129 e. The maximum atomic E-state index is 14.0. The lowest BCUT2D eigenvalue weighted by molar-refractivity contribution is 0.309. The van der Waals surface area contributed by atoms with Crippen LogP contribution in [0.5, 0.6) is 0 Å². The van der Waals surface area contributed by atoms with E-state index < -0.39 is 11.6 Å². The van der Waals surface area contributed by atoms with E-state index in [-0.39, 0.29) is 0 Å². The van der Waals surface area contributed by atoms with Crippen molar-refractivity contribution in [2.24, 2.45) is 5.92 Å². The molecule has 0 radical (unpaired) electrons. The summed E-state index contributed by atoms with van der Waals surface area (Å²) in [6, 6.07) is 20.1. The number of anilines is 1. The van der Waals surface area contributed by atoms with Gasteiger partial charge in [0.15, 0.2) is 0 Å². The number of hydrogen-bond donors (Lipinski definition) is 1. The van der Waals surface area contributed by atoms with E-state index in [9.17, 15) is 8.78 Å². The normalized spacial score (nSPS) is 19.2. The third-order valence-electron chi connectivity index (χ3n) is 8.91. The first kappa shape index (κ1) is 27.8. The zero-order valence-electron chi connectivity index (χ0n) is 23.5. The Labute approximate surface area is 233 Å². The summed E-state index contributed by atoms with van der Waals surface area (Å²) in [5.41, 5.74) is 7.69. The highest BCUT2D eigenvalue weighted by Gasteiger charge is 2.26. The molecule has 5 rings (SSSR count). The summed E-state index contributed by atoms with van der Waals surface area (Å²) in [5.74, 6) is 0.216. The molecule has 2 nitrogen and oxygen atoms in total. The molecule has 208 valence electrons. The van der Waals surface area contributed by atoms with Crippen molar-refractivity contribution in [2.45, 2.75) is 77.0 Å². The van der Waals surface area contributed by atoms with Gasteiger partial charge in [0, 0.05) is 24.8 Å². The predicted octanol–water partition coefficient (Wildman–Crippen LogP) is 8.02. The zero-order chi connectivity index (χ0) is 27.0. The standard InChI is InChI=1S/C35H44F2N2/c1-2-3-4-21-39-22-5-6-30-15-10-27(23-35(30)39)11-16-31-25-38-20-19-33(31)28-12-7-26(8-13-28)9-14-29-17-18-32(36)24-34(29)37/h7-8,10,12-13,15,17-18,23-24,31,33,38H,2-6,9,11,14,16,19-22,25H2,1H3/t31-,33?/m0/s1. The van der Waals surface area contributed by atoms with Gasteiger partial charge in [-0.05, 0) is 116 Å². The maximum absolute atomic E-state index is 14.0. The third-order valence-corrected chi connectivity index (χ3v) is 8.91. The number of benzene rings is 3. The van der Waals surface area contributed by atoms with Gasteiger partial charge in [-0.2, -0.15) is 0 Å². The van der Waals surface area contributed by atoms with E-state index in [4.69, 9.17) is 0 Å². The average molecular weight is 531 g/mol. The van der Waals surface area contributed by atoms with E-state index in [1.807, 2.05) is 0 Å². The first-order valence-electron chi connectivity index (χ1n) is 15.2. The molecular weight excluding hydrogens is 486 g/mol. The van der Waals surface area contributed by atoms with E-state index in [2.05, 4.69) is 59.6 Å². The Morgan fingerprint density at radius 3 is 2.56 bits per heavy atom. The van der Waals surface area contributed by atoms with Crippen LogP contribution in [0.1, 0.15) is 79.2 Å². The Kier molecular flexibility index (Phi) is 9.68. The highest BCUT2D eigenvalue weighted by molar-refractivity contribution is 5.57. The molecule has 0 aliphatic carbocycles. The average Bonchev–Trinajstić information content (AvgIpc) is 2.96. The van der Waals surface area contributed by atoms with Crippen LogP contribution in [0.2, 0.25) is 0 Å². The number of halogens is 2. The summed E-state index contributed by atoms with van der Waals surface area (Å²) in [5, 5.41) is 3.65. The molecule has 3 aromatic rings. The Bertz CT molecular complexity index is 1210. The Hall–Kier alpha value is -2.72. The molecule has 0 aromatic heterocycles. The molecule has 2 aliphatic heterocycles. The third kappa shape index (κ3) is 7.28. The largest absolute Gasteiger partial charge is 0.371 e. The van der Waals surface area contributed by atoms with Crippen LogP contribution in [0.15, 0.2) is 60.7 Å². The molecule has 1 N–H and O–H groups in total. The second kappa shape index (κ2) is 13.6. The number of nitrogens with zero attached hydrogens (tertiary/aromatic N) is 1. The van der Waals surface area contributed by atoms with Gasteiger partial charge in [0.25, 0.3) is 0 Å². The lowest BCUT2D eigenvalue weighted by Crippen LogP contribution is -2.35. The molecule has 1 fully saturated rings. The van der Waals surface area contributed by atoms with Crippen LogP contribution in [0.3, 0.4) is 0 Å². The summed E-state index contributed by atoms with van der Waals surface area (Å²) < 4.78 is 27.2. The fraction of sp³-hybridized carbons (Fsp3) is 0.486. The molecule has 1 unspecified atom stereocenters. The Morgan fingerprint density at radius 1 is 0.897 bits per heavy atom. The molecule has 2 aliphatic rings. The fourth-order valence-corrected chi connectivity index (χ4v) is 6.59. The van der Waals surface area contributed by atoms with Crippen LogP contribution in [-0.4, -0.2) is 26.2 Å². The lowest BCUT2D eigenvalue weighted by Gasteiger charge is -2.34. The number of nitrogens with one attached hydrogen (secondary N) is 1. The van der Waals surface area contributed by atoms with Crippen LogP contribution in [0.4, 0.5) is 14.5 Å². The highest BCUT2D eigenvalue weighted by atomic mass is 19.1. The molecule has 0 spiro atoms. The number of unbranched alkanes of at least 4 members (excludes halogenated alkanes) is 2. The first-order chi connectivity index (χ1) is 19.1. The summed E-state index contributed by atoms with van der Waals surface area (Å²) in [7, 11) is 0. The van der Waals surface area contributed by atoms with E-state index in [1.165, 1.54) is 92.0 Å². The monoisotopic (exact) mass is 530 g/mol. The van der Waals surface area contributed by atoms with Gasteiger partial charge in [-0.3, -0.25) is 0 Å². The smallest absolute Gasteiger partial charge is 0.129 e. The van der Waals surface area contributed by atoms with Gasteiger partial charge in [0.2, 0.25) is 0 Å². The van der Waals surface area contributed by atoms with Crippen molar-refractivity contribution in [3.05, 3.63) is 100 Å². The number of fused-ring (bicyclic) bond motifs is 1. The van der Waals surface area contributed by atoms with E-state index in [0.29, 0.717) is 23.8 Å². The molecule has 0 bridgehead atoms. The molecule has 0 amide bonds. The van der Waals surface area contributed by atoms with Crippen LogP contribution in [-0.2, 0) is 25.7 Å². The van der Waals surface area contributed by atoms with Crippen LogP contribution < -0.4 is 10.2 Å². The second-order valence-corrected chi connectivity index (χ2v) is 11.6. The predicted molar refractivity (Wildman–Crippen MR) is 159 cm³/mol. The molecule has 2 atom stereocenters. The minimum Gasteiger partial charge on any atom is -0.371 e. The SMILES string of the molecule is CCCCCN1CCCc2ccc(CC[C@H]3CNCCC3c3ccc(CCc4ccc(F)cc4F)cc3)cc21. The van der Waals surface area contributed by atoms with Gasteiger partial charge in [-0.15, -0.1) is 0 Å². The number of hydrogen-bond acceptors (Lipinski definition) is 2. The van der Waals surface area contributed by atoms with Crippen molar-refractivity contribution in [1.29, 1.82) is 0 Å². The molecule has 3 aromatic carbocycles. The molecule has 1 saturated heterocycles. The molecule has 4 heteroatoms. The molecule has 2 heterocycles. The minimum atomic E-state index is -0.520. The summed E-state index contributed by atoms with van der Waals surface area (Å²) >= 11 is 0. The number of rotatable bonds is 11. The van der Waals surface area contributed by atoms with Gasteiger partial charge in [-0.25, -0.2) is 8.78 Å². The van der Waals surface area contributed by atoms with Crippen LogP contribution in [0.25, 0.3) is 0 Å². The van der Waals surface area contributed by atoms with E-state index >= 15 is 0 Å². The Morgan fingerprint density at radius 2 is 1.74 bits per heavy atom. The van der Waals surface area contributed by atoms with Gasteiger partial charge >= 0.3 is 0 Å². The summed E-state index contributed by atoms with van der Waals surface area (Å²) in [6.07, 6.45) is 11.2. The number of aryl methyl sites for hydroxylation is 4. The zero-order valence-corrected chi connectivity index (χ0v) is 23.5. The van der Waals surface area contributed by atoms with Crippen molar-refractivity contribution < 1.29 is 8.78 Å². The first-order valence-corrected chi connectivity index (χ1v) is 15.2. The van der Waals surface area contributed by atoms with Crippen molar-refractivity contribution in [1.82, 2.24) is 5.32 Å². The van der Waals surface area contributed by atoms with Crippen molar-refractivity contribution in [2.75, 3.05) is 31.1 Å². The van der Waals surface area contributed by atoms with Gasteiger partial charge in [-0.1, -0.05) is 62.2 Å². The molecule has 39 heavy (non-hydrogen) atoms. The van der Waals surface area contributed by atoms with Crippen LogP contribution >= 0.6 is 0 Å². The quantitative estimate of drug-likeness (QED) is 0.253. The molecule has 0 saturated carbocycles. The minimum absolute atomic E-state index is 0.452. The highest BCUT2D eigenvalue weighted by Crippen LogP contribution is 2.35. The summed E-state index contributed by atoms with van der Waals surface area (Å²) in [4.78, 5) is 2.63. The van der Waals surface area contributed by atoms with Crippen molar-refractivity contribution in [3.8, 4) is 0 Å². The van der Waals surface area contributed by atoms with Crippen molar-refractivity contribution in [3.63, 3.8) is 0 Å².